The van der Waals surface area contributed by atoms with Gasteiger partial charge in [-0.2, -0.15) is 0 Å². The van der Waals surface area contributed by atoms with Crippen LogP contribution in [0.15, 0.2) is 66.7 Å². The monoisotopic (exact) mass is 422 g/mol. The number of ether oxygens (including phenoxy) is 1. The molecule has 160 valence electrons. The summed E-state index contributed by atoms with van der Waals surface area (Å²) in [6, 6.07) is 20.4. The molecule has 0 aromatic heterocycles. The van der Waals surface area contributed by atoms with Gasteiger partial charge in [-0.25, -0.2) is 8.78 Å². The molecule has 0 saturated carbocycles. The van der Waals surface area contributed by atoms with E-state index in [1.807, 2.05) is 24.3 Å². The van der Waals surface area contributed by atoms with Crippen molar-refractivity contribution in [3.63, 3.8) is 0 Å². The maximum atomic E-state index is 13.4. The number of fused-ring (bicyclic) bond motifs is 1. The van der Waals surface area contributed by atoms with Gasteiger partial charge in [0.25, 0.3) is 0 Å². The summed E-state index contributed by atoms with van der Waals surface area (Å²) in [4.78, 5) is 2.96. The van der Waals surface area contributed by atoms with E-state index in [9.17, 15) is 8.78 Å². The third-order valence-electron chi connectivity index (χ3n) is 6.55. The largest absolute Gasteiger partial charge is 0.493 e. The van der Waals surface area contributed by atoms with Crippen LogP contribution in [0.4, 0.5) is 8.78 Å². The van der Waals surface area contributed by atoms with Crippen molar-refractivity contribution >= 4 is 0 Å². The maximum Gasteiger partial charge on any atom is 0.240 e. The van der Waals surface area contributed by atoms with Crippen LogP contribution in [-0.2, 0) is 19.5 Å². The third kappa shape index (κ3) is 4.48. The fraction of sp³-hybridized carbons (Fsp3) is 0.308. The highest BCUT2D eigenvalue weighted by molar-refractivity contribution is 5.40. The number of benzene rings is 3. The van der Waals surface area contributed by atoms with E-state index in [0.717, 1.165) is 62.5 Å². The summed E-state index contributed by atoms with van der Waals surface area (Å²) in [5.74, 6) is 0.604. The fourth-order valence-electron chi connectivity index (χ4n) is 5.09. The van der Waals surface area contributed by atoms with Crippen LogP contribution in [0, 0.1) is 11.6 Å². The van der Waals surface area contributed by atoms with Gasteiger partial charge in [0.15, 0.2) is 0 Å². The molecule has 0 aliphatic carbocycles. The first-order valence-electron chi connectivity index (χ1n) is 11.1. The van der Waals surface area contributed by atoms with Crippen LogP contribution in [0.25, 0.3) is 0 Å². The van der Waals surface area contributed by atoms with Gasteiger partial charge in [-0.3, -0.25) is 9.80 Å². The Morgan fingerprint density at radius 1 is 0.774 bits per heavy atom. The summed E-state index contributed by atoms with van der Waals surface area (Å²) in [6.07, 6.45) is 2.34. The summed E-state index contributed by atoms with van der Waals surface area (Å²) < 4.78 is 32.6. The summed E-state index contributed by atoms with van der Waals surface area (Å²) in [6.45, 7) is 4.60. The van der Waals surface area contributed by atoms with Crippen molar-refractivity contribution < 1.29 is 23.3 Å². The van der Waals surface area contributed by atoms with Crippen molar-refractivity contribution in [2.24, 2.45) is 0 Å². The second kappa shape index (κ2) is 8.77. The second-order valence-electron chi connectivity index (χ2n) is 8.68. The lowest BCUT2D eigenvalue weighted by Gasteiger charge is -2.38. The quantitative estimate of drug-likeness (QED) is 0.647. The molecule has 3 nitrogen and oxygen atoms in total. The molecule has 0 spiro atoms. The Balaban J connectivity index is 1.46. The SMILES string of the molecule is Fc1ccc(C[NH+]2CCC[NH+](Cc3ccc(F)cc3)C2c2ccc3c(c2)CCO3)cc1. The van der Waals surface area contributed by atoms with Crippen molar-refractivity contribution in [1.82, 2.24) is 0 Å². The van der Waals surface area contributed by atoms with Gasteiger partial charge >= 0.3 is 0 Å². The first-order chi connectivity index (χ1) is 15.2. The van der Waals surface area contributed by atoms with E-state index in [1.165, 1.54) is 20.9 Å². The van der Waals surface area contributed by atoms with Crippen molar-refractivity contribution in [3.8, 4) is 5.75 Å². The van der Waals surface area contributed by atoms with E-state index in [2.05, 4.69) is 18.2 Å². The van der Waals surface area contributed by atoms with Gasteiger partial charge in [0.1, 0.15) is 30.5 Å². The molecular weight excluding hydrogens is 394 g/mol. The zero-order chi connectivity index (χ0) is 21.2. The Morgan fingerprint density at radius 3 is 1.94 bits per heavy atom. The molecule has 0 radical (unpaired) electrons. The Labute approximate surface area is 181 Å². The molecule has 1 saturated heterocycles. The number of quaternary nitrogens is 2. The molecule has 1 fully saturated rings. The molecule has 0 amide bonds. The van der Waals surface area contributed by atoms with Crippen LogP contribution < -0.4 is 14.5 Å². The van der Waals surface area contributed by atoms with Crippen molar-refractivity contribution in [3.05, 3.63) is 101 Å². The molecule has 31 heavy (non-hydrogen) atoms. The number of hydrogen-bond acceptors (Lipinski definition) is 1. The van der Waals surface area contributed by atoms with E-state index in [1.54, 1.807) is 24.3 Å². The molecule has 2 aliphatic rings. The molecule has 5 rings (SSSR count). The summed E-state index contributed by atoms with van der Waals surface area (Å²) in [7, 11) is 0. The van der Waals surface area contributed by atoms with Gasteiger partial charge in [0.2, 0.25) is 6.17 Å². The van der Waals surface area contributed by atoms with E-state index >= 15 is 0 Å². The topological polar surface area (TPSA) is 18.1 Å². The van der Waals surface area contributed by atoms with Gasteiger partial charge in [-0.05, 0) is 48.0 Å². The Morgan fingerprint density at radius 2 is 1.35 bits per heavy atom. The van der Waals surface area contributed by atoms with Crippen molar-refractivity contribution in [2.45, 2.75) is 32.1 Å². The molecule has 2 aliphatic heterocycles. The molecule has 2 atom stereocenters. The standard InChI is InChI=1S/C26H26F2N2O/c27-23-7-2-19(3-8-23)17-29-13-1-14-30(18-20-4-9-24(28)10-5-20)26(29)22-6-11-25-21(16-22)12-15-31-25/h2-11,16,26H,1,12-15,17-18H2/p+2. The lowest BCUT2D eigenvalue weighted by atomic mass is 10.0. The van der Waals surface area contributed by atoms with Gasteiger partial charge in [-0.1, -0.05) is 24.3 Å². The highest BCUT2D eigenvalue weighted by Crippen LogP contribution is 2.27. The molecule has 2 unspecified atom stereocenters. The summed E-state index contributed by atoms with van der Waals surface area (Å²) >= 11 is 0. The van der Waals surface area contributed by atoms with Crippen LogP contribution in [0.2, 0.25) is 0 Å². The Bertz CT molecular complexity index is 981. The van der Waals surface area contributed by atoms with Crippen LogP contribution >= 0.6 is 0 Å². The predicted molar refractivity (Wildman–Crippen MR) is 115 cm³/mol. The van der Waals surface area contributed by atoms with Crippen LogP contribution in [0.5, 0.6) is 5.75 Å². The van der Waals surface area contributed by atoms with E-state index in [4.69, 9.17) is 4.74 Å². The zero-order valence-electron chi connectivity index (χ0n) is 17.5. The molecule has 5 heteroatoms. The fourth-order valence-corrected chi connectivity index (χ4v) is 5.09. The van der Waals surface area contributed by atoms with Crippen LogP contribution in [0.3, 0.4) is 0 Å². The minimum absolute atomic E-state index is 0.198. The number of halogens is 2. The molecule has 2 heterocycles. The third-order valence-corrected chi connectivity index (χ3v) is 6.55. The normalized spacial score (nSPS) is 22.7. The average Bonchev–Trinajstić information content (AvgIpc) is 3.25. The minimum atomic E-state index is -0.198. The predicted octanol–water partition coefficient (Wildman–Crippen LogP) is 2.47. The zero-order valence-corrected chi connectivity index (χ0v) is 17.5. The number of rotatable bonds is 5. The van der Waals surface area contributed by atoms with E-state index in [-0.39, 0.29) is 17.8 Å². The van der Waals surface area contributed by atoms with Gasteiger partial charge in [-0.15, -0.1) is 0 Å². The Kier molecular flexibility index (Phi) is 5.70. The molecule has 2 N–H and O–H groups in total. The van der Waals surface area contributed by atoms with Crippen molar-refractivity contribution in [1.29, 1.82) is 0 Å². The highest BCUT2D eigenvalue weighted by Gasteiger charge is 2.38. The number of hydrogen-bond donors (Lipinski definition) is 2. The van der Waals surface area contributed by atoms with Crippen LogP contribution in [-0.4, -0.2) is 19.7 Å². The summed E-state index contributed by atoms with van der Waals surface area (Å²) in [5, 5.41) is 0. The minimum Gasteiger partial charge on any atom is -0.493 e. The summed E-state index contributed by atoms with van der Waals surface area (Å²) in [5.41, 5.74) is 4.89. The second-order valence-corrected chi connectivity index (χ2v) is 8.68. The molecule has 3 aromatic rings. The first kappa shape index (κ1) is 20.2. The first-order valence-corrected chi connectivity index (χ1v) is 11.1. The van der Waals surface area contributed by atoms with Gasteiger partial charge in [0, 0.05) is 24.0 Å². The van der Waals surface area contributed by atoms with Crippen molar-refractivity contribution in [2.75, 3.05) is 19.7 Å². The van der Waals surface area contributed by atoms with Gasteiger partial charge in [0.05, 0.1) is 25.3 Å². The average molecular weight is 423 g/mol. The maximum absolute atomic E-state index is 13.4. The van der Waals surface area contributed by atoms with E-state index in [0.29, 0.717) is 0 Å². The molecule has 3 aromatic carbocycles. The highest BCUT2D eigenvalue weighted by atomic mass is 19.1. The van der Waals surface area contributed by atoms with Gasteiger partial charge < -0.3 is 4.74 Å². The van der Waals surface area contributed by atoms with Crippen LogP contribution in [0.1, 0.15) is 34.8 Å². The smallest absolute Gasteiger partial charge is 0.240 e. The molecular formula is C26H28F2N2O+2. The van der Waals surface area contributed by atoms with E-state index < -0.39 is 0 Å². The lowest BCUT2D eigenvalue weighted by Crippen LogP contribution is -3.32. The number of nitrogens with one attached hydrogen (secondary N) is 2. The Hall–Kier alpha value is -2.76. The lowest BCUT2D eigenvalue weighted by molar-refractivity contribution is -1.16. The molecule has 0 bridgehead atoms.